The van der Waals surface area contributed by atoms with Crippen LogP contribution in [0.3, 0.4) is 0 Å². The van der Waals surface area contributed by atoms with Gasteiger partial charge in [-0.05, 0) is 31.9 Å². The second kappa shape index (κ2) is 4.13. The Hall–Kier alpha value is -2.23. The molecule has 0 aliphatic heterocycles. The van der Waals surface area contributed by atoms with Crippen LogP contribution in [0.2, 0.25) is 0 Å². The first kappa shape index (κ1) is 12.8. The van der Waals surface area contributed by atoms with E-state index in [4.69, 9.17) is 5.73 Å². The van der Waals surface area contributed by atoms with Crippen LogP contribution < -0.4 is 5.73 Å². The molecule has 4 heteroatoms. The Balaban J connectivity index is 2.42. The Morgan fingerprint density at radius 3 is 2.40 bits per heavy atom. The Morgan fingerprint density at radius 2 is 1.80 bits per heavy atom. The topological polar surface area (TPSA) is 48.8 Å². The Labute approximate surface area is 118 Å². The molecule has 0 bridgehead atoms. The summed E-state index contributed by atoms with van der Waals surface area (Å²) in [5, 5.41) is 5.78. The molecule has 0 radical (unpaired) electrons. The van der Waals surface area contributed by atoms with Gasteiger partial charge in [0.2, 0.25) is 0 Å². The molecule has 0 spiro atoms. The molecular formula is C16H20N4. The van der Waals surface area contributed by atoms with Gasteiger partial charge in [-0.2, -0.15) is 5.10 Å². The minimum Gasteiger partial charge on any atom is -0.384 e. The summed E-state index contributed by atoms with van der Waals surface area (Å²) in [5.74, 6) is 0.681. The van der Waals surface area contributed by atoms with Crippen molar-refractivity contribution in [1.29, 1.82) is 0 Å². The molecule has 4 nitrogen and oxygen atoms in total. The third-order valence-corrected chi connectivity index (χ3v) is 4.34. The number of benzene rings is 1. The van der Waals surface area contributed by atoms with Gasteiger partial charge in [0.15, 0.2) is 0 Å². The smallest absolute Gasteiger partial charge is 0.121 e. The van der Waals surface area contributed by atoms with Crippen LogP contribution in [0.5, 0.6) is 0 Å². The van der Waals surface area contributed by atoms with Gasteiger partial charge in [0.1, 0.15) is 5.82 Å². The van der Waals surface area contributed by atoms with Gasteiger partial charge < -0.3 is 10.3 Å². The number of hydrogen-bond donors (Lipinski definition) is 1. The minimum atomic E-state index is 0.681. The van der Waals surface area contributed by atoms with Gasteiger partial charge in [0.25, 0.3) is 0 Å². The fourth-order valence-electron chi connectivity index (χ4n) is 2.89. The van der Waals surface area contributed by atoms with Gasteiger partial charge >= 0.3 is 0 Å². The van der Waals surface area contributed by atoms with Crippen LogP contribution in [0, 0.1) is 20.8 Å². The SMILES string of the molecule is Cc1ccc2c(-c3cc(N)n(C)n3)c(C)n(C)c2c1C. The number of fused-ring (bicyclic) bond motifs is 1. The van der Waals surface area contributed by atoms with Crippen LogP contribution in [-0.4, -0.2) is 14.3 Å². The van der Waals surface area contributed by atoms with Crippen molar-refractivity contribution in [2.24, 2.45) is 14.1 Å². The van der Waals surface area contributed by atoms with E-state index in [0.29, 0.717) is 5.82 Å². The minimum absolute atomic E-state index is 0.681. The van der Waals surface area contributed by atoms with E-state index in [1.165, 1.54) is 33.3 Å². The molecule has 2 heterocycles. The first-order valence-corrected chi connectivity index (χ1v) is 6.77. The van der Waals surface area contributed by atoms with Gasteiger partial charge in [-0.1, -0.05) is 12.1 Å². The zero-order valence-corrected chi connectivity index (χ0v) is 12.7. The summed E-state index contributed by atoms with van der Waals surface area (Å²) in [4.78, 5) is 0. The summed E-state index contributed by atoms with van der Waals surface area (Å²) in [5.41, 5.74) is 13.2. The zero-order valence-electron chi connectivity index (χ0n) is 12.7. The van der Waals surface area contributed by atoms with Gasteiger partial charge in [-0.15, -0.1) is 0 Å². The predicted octanol–water partition coefficient (Wildman–Crippen LogP) is 3.09. The fraction of sp³-hybridized carbons (Fsp3) is 0.312. The van der Waals surface area contributed by atoms with E-state index in [2.05, 4.69) is 49.6 Å². The highest BCUT2D eigenvalue weighted by molar-refractivity contribution is 5.99. The molecule has 0 unspecified atom stereocenters. The summed E-state index contributed by atoms with van der Waals surface area (Å²) >= 11 is 0. The molecule has 0 atom stereocenters. The number of rotatable bonds is 1. The monoisotopic (exact) mass is 268 g/mol. The molecule has 0 saturated heterocycles. The summed E-state index contributed by atoms with van der Waals surface area (Å²) in [7, 11) is 3.98. The van der Waals surface area contributed by atoms with E-state index in [1.54, 1.807) is 4.68 Å². The van der Waals surface area contributed by atoms with Gasteiger partial charge in [0, 0.05) is 36.8 Å². The quantitative estimate of drug-likeness (QED) is 0.737. The lowest BCUT2D eigenvalue weighted by Gasteiger charge is -2.05. The second-order valence-electron chi connectivity index (χ2n) is 5.50. The van der Waals surface area contributed by atoms with Crippen LogP contribution in [0.4, 0.5) is 5.82 Å². The highest BCUT2D eigenvalue weighted by atomic mass is 15.3. The molecule has 0 amide bonds. The maximum atomic E-state index is 5.93. The summed E-state index contributed by atoms with van der Waals surface area (Å²) in [6, 6.07) is 6.30. The van der Waals surface area contributed by atoms with Gasteiger partial charge in [-0.25, -0.2) is 0 Å². The number of nitrogens with two attached hydrogens (primary N) is 1. The van der Waals surface area contributed by atoms with Crippen molar-refractivity contribution in [3.05, 3.63) is 35.0 Å². The average Bonchev–Trinajstić information content (AvgIpc) is 2.85. The summed E-state index contributed by atoms with van der Waals surface area (Å²) in [6.07, 6.45) is 0. The lowest BCUT2D eigenvalue weighted by molar-refractivity contribution is 0.782. The van der Waals surface area contributed by atoms with Crippen LogP contribution in [0.15, 0.2) is 18.2 Å². The van der Waals surface area contributed by atoms with Crippen molar-refractivity contribution in [2.75, 3.05) is 5.73 Å². The van der Waals surface area contributed by atoms with Crippen LogP contribution >= 0.6 is 0 Å². The average molecular weight is 268 g/mol. The van der Waals surface area contributed by atoms with E-state index in [0.717, 1.165) is 5.69 Å². The van der Waals surface area contributed by atoms with E-state index < -0.39 is 0 Å². The van der Waals surface area contributed by atoms with Crippen molar-refractivity contribution in [3.8, 4) is 11.3 Å². The second-order valence-corrected chi connectivity index (χ2v) is 5.50. The van der Waals surface area contributed by atoms with Gasteiger partial charge in [0.05, 0.1) is 11.2 Å². The molecule has 3 rings (SSSR count). The molecule has 2 N–H and O–H groups in total. The maximum absolute atomic E-state index is 5.93. The molecular weight excluding hydrogens is 248 g/mol. The highest BCUT2D eigenvalue weighted by Crippen LogP contribution is 2.36. The Bertz CT molecular complexity index is 801. The molecule has 104 valence electrons. The molecule has 0 aliphatic rings. The first-order chi connectivity index (χ1) is 9.41. The van der Waals surface area contributed by atoms with Crippen molar-refractivity contribution in [2.45, 2.75) is 20.8 Å². The lowest BCUT2D eigenvalue weighted by Crippen LogP contribution is -1.96. The molecule has 0 fully saturated rings. The summed E-state index contributed by atoms with van der Waals surface area (Å²) < 4.78 is 3.96. The van der Waals surface area contributed by atoms with Gasteiger partial charge in [-0.3, -0.25) is 4.68 Å². The molecule has 2 aromatic heterocycles. The normalized spacial score (nSPS) is 11.4. The zero-order chi connectivity index (χ0) is 14.6. The molecule has 20 heavy (non-hydrogen) atoms. The molecule has 3 aromatic rings. The predicted molar refractivity (Wildman–Crippen MR) is 83.7 cm³/mol. The standard InChI is InChI=1S/C16H20N4/c1-9-6-7-12-15(13-8-14(17)20(5)18-13)11(3)19(4)16(12)10(9)2/h6-8H,17H2,1-5H3. The number of hydrogen-bond acceptors (Lipinski definition) is 2. The Morgan fingerprint density at radius 1 is 1.10 bits per heavy atom. The maximum Gasteiger partial charge on any atom is 0.121 e. The van der Waals surface area contributed by atoms with Crippen molar-refractivity contribution >= 4 is 16.7 Å². The first-order valence-electron chi connectivity index (χ1n) is 6.77. The third kappa shape index (κ3) is 1.57. The fourth-order valence-corrected chi connectivity index (χ4v) is 2.89. The number of anilines is 1. The van der Waals surface area contributed by atoms with E-state index >= 15 is 0 Å². The van der Waals surface area contributed by atoms with Crippen LogP contribution in [0.1, 0.15) is 16.8 Å². The summed E-state index contributed by atoms with van der Waals surface area (Å²) in [6.45, 7) is 6.46. The number of aromatic nitrogens is 3. The number of nitrogen functional groups attached to an aromatic ring is 1. The van der Waals surface area contributed by atoms with Crippen molar-refractivity contribution in [1.82, 2.24) is 14.3 Å². The van der Waals surface area contributed by atoms with E-state index in [9.17, 15) is 0 Å². The number of nitrogens with zero attached hydrogens (tertiary/aromatic N) is 3. The number of aryl methyl sites for hydroxylation is 4. The van der Waals surface area contributed by atoms with Crippen LogP contribution in [-0.2, 0) is 14.1 Å². The lowest BCUT2D eigenvalue weighted by atomic mass is 10.0. The van der Waals surface area contributed by atoms with E-state index in [-0.39, 0.29) is 0 Å². The highest BCUT2D eigenvalue weighted by Gasteiger charge is 2.18. The largest absolute Gasteiger partial charge is 0.384 e. The van der Waals surface area contributed by atoms with Crippen LogP contribution in [0.25, 0.3) is 22.2 Å². The molecule has 0 saturated carbocycles. The Kier molecular flexibility index (Phi) is 2.64. The third-order valence-electron chi connectivity index (χ3n) is 4.34. The van der Waals surface area contributed by atoms with Crippen molar-refractivity contribution in [3.63, 3.8) is 0 Å². The van der Waals surface area contributed by atoms with E-state index in [1.807, 2.05) is 13.1 Å². The molecule has 1 aromatic carbocycles. The van der Waals surface area contributed by atoms with Crippen molar-refractivity contribution < 1.29 is 0 Å². The molecule has 0 aliphatic carbocycles.